The SMILES string of the molecule is O=C(CNC(=O)C(=O)Nc1cccc(Cl)c1)Nc1cccc(Cl)c1. The predicted molar refractivity (Wildman–Crippen MR) is 93.2 cm³/mol. The average molecular weight is 366 g/mol. The van der Waals surface area contributed by atoms with E-state index < -0.39 is 17.7 Å². The van der Waals surface area contributed by atoms with E-state index in [4.69, 9.17) is 23.2 Å². The van der Waals surface area contributed by atoms with Crippen LogP contribution in [0.2, 0.25) is 10.0 Å². The number of carbonyl (C=O) groups excluding carboxylic acids is 3. The molecule has 2 rings (SSSR count). The second kappa shape index (κ2) is 8.33. The lowest BCUT2D eigenvalue weighted by atomic mass is 10.3. The highest BCUT2D eigenvalue weighted by atomic mass is 35.5. The van der Waals surface area contributed by atoms with E-state index in [0.717, 1.165) is 0 Å². The molecule has 0 spiro atoms. The molecule has 0 aromatic heterocycles. The van der Waals surface area contributed by atoms with Gasteiger partial charge in [0.2, 0.25) is 5.91 Å². The molecule has 0 fully saturated rings. The number of nitrogens with one attached hydrogen (secondary N) is 3. The van der Waals surface area contributed by atoms with Gasteiger partial charge in [-0.05, 0) is 36.4 Å². The summed E-state index contributed by atoms with van der Waals surface area (Å²) in [5.41, 5.74) is 0.871. The van der Waals surface area contributed by atoms with Crippen LogP contribution in [0, 0.1) is 0 Å². The Labute approximate surface area is 148 Å². The lowest BCUT2D eigenvalue weighted by Gasteiger charge is -2.08. The summed E-state index contributed by atoms with van der Waals surface area (Å²) < 4.78 is 0. The van der Waals surface area contributed by atoms with E-state index in [9.17, 15) is 14.4 Å². The molecule has 0 unspecified atom stereocenters. The molecule has 0 aliphatic rings. The topological polar surface area (TPSA) is 87.3 Å². The van der Waals surface area contributed by atoms with Crippen molar-refractivity contribution in [1.82, 2.24) is 5.32 Å². The van der Waals surface area contributed by atoms with Crippen LogP contribution in [0.25, 0.3) is 0 Å². The number of amides is 3. The van der Waals surface area contributed by atoms with Crippen LogP contribution in [0.3, 0.4) is 0 Å². The van der Waals surface area contributed by atoms with Gasteiger partial charge in [0.1, 0.15) is 0 Å². The Balaban J connectivity index is 1.81. The van der Waals surface area contributed by atoms with Gasteiger partial charge in [-0.1, -0.05) is 35.3 Å². The molecule has 3 N–H and O–H groups in total. The van der Waals surface area contributed by atoms with E-state index in [1.54, 1.807) is 42.5 Å². The molecule has 0 radical (unpaired) electrons. The lowest BCUT2D eigenvalue weighted by molar-refractivity contribution is -0.136. The molecular formula is C16H13Cl2N3O3. The zero-order valence-corrected chi connectivity index (χ0v) is 13.8. The molecule has 124 valence electrons. The first-order valence-corrected chi connectivity index (χ1v) is 7.60. The smallest absolute Gasteiger partial charge is 0.313 e. The highest BCUT2D eigenvalue weighted by molar-refractivity contribution is 6.40. The summed E-state index contributed by atoms with van der Waals surface area (Å²) in [5.74, 6) is -2.31. The molecule has 0 heterocycles. The summed E-state index contributed by atoms with van der Waals surface area (Å²) >= 11 is 11.6. The van der Waals surface area contributed by atoms with Crippen molar-refractivity contribution in [3.8, 4) is 0 Å². The monoisotopic (exact) mass is 365 g/mol. The zero-order valence-electron chi connectivity index (χ0n) is 12.3. The third-order valence-electron chi connectivity index (χ3n) is 2.81. The van der Waals surface area contributed by atoms with Crippen molar-refractivity contribution in [2.24, 2.45) is 0 Å². The fourth-order valence-corrected chi connectivity index (χ4v) is 2.15. The van der Waals surface area contributed by atoms with Gasteiger partial charge in [0.05, 0.1) is 6.54 Å². The van der Waals surface area contributed by atoms with Crippen LogP contribution in [0.1, 0.15) is 0 Å². The van der Waals surface area contributed by atoms with E-state index in [-0.39, 0.29) is 6.54 Å². The van der Waals surface area contributed by atoms with Gasteiger partial charge in [-0.25, -0.2) is 0 Å². The minimum atomic E-state index is -0.934. The van der Waals surface area contributed by atoms with Crippen molar-refractivity contribution >= 4 is 52.3 Å². The number of rotatable bonds is 4. The Hall–Kier alpha value is -2.57. The standard InChI is InChI=1S/C16H13Cl2N3O3/c17-10-3-1-5-12(7-10)20-14(22)9-19-15(23)16(24)21-13-6-2-4-11(18)8-13/h1-8H,9H2,(H,19,23)(H,20,22)(H,21,24). The largest absolute Gasteiger partial charge is 0.339 e. The summed E-state index contributed by atoms with van der Waals surface area (Å²) in [6.45, 7) is -0.353. The molecule has 0 aliphatic carbocycles. The summed E-state index contributed by atoms with van der Waals surface area (Å²) in [7, 11) is 0. The zero-order chi connectivity index (χ0) is 17.5. The van der Waals surface area contributed by atoms with Crippen LogP contribution >= 0.6 is 23.2 Å². The van der Waals surface area contributed by atoms with Gasteiger partial charge in [-0.3, -0.25) is 14.4 Å². The van der Waals surface area contributed by atoms with Crippen LogP contribution in [0.4, 0.5) is 11.4 Å². The number of hydrogen-bond acceptors (Lipinski definition) is 3. The third-order valence-corrected chi connectivity index (χ3v) is 3.28. The van der Waals surface area contributed by atoms with Gasteiger partial charge in [-0.15, -0.1) is 0 Å². The summed E-state index contributed by atoms with van der Waals surface area (Å²) in [5, 5.41) is 8.04. The Bertz CT molecular complexity index is 781. The predicted octanol–water partition coefficient (Wildman–Crippen LogP) is 2.69. The Morgan fingerprint density at radius 1 is 0.792 bits per heavy atom. The van der Waals surface area contributed by atoms with E-state index in [1.165, 1.54) is 6.07 Å². The molecule has 0 bridgehead atoms. The molecule has 0 saturated heterocycles. The van der Waals surface area contributed by atoms with E-state index in [2.05, 4.69) is 16.0 Å². The first-order chi connectivity index (χ1) is 11.4. The summed E-state index contributed by atoms with van der Waals surface area (Å²) in [4.78, 5) is 35.1. The maximum absolute atomic E-state index is 11.7. The number of hydrogen-bond donors (Lipinski definition) is 3. The van der Waals surface area contributed by atoms with E-state index in [1.807, 2.05) is 0 Å². The van der Waals surface area contributed by atoms with Gasteiger partial charge in [0, 0.05) is 21.4 Å². The molecule has 3 amide bonds. The normalized spacial score (nSPS) is 9.92. The number of carbonyl (C=O) groups is 3. The molecule has 6 nitrogen and oxygen atoms in total. The van der Waals surface area contributed by atoms with Gasteiger partial charge < -0.3 is 16.0 Å². The number of benzene rings is 2. The second-order valence-corrected chi connectivity index (χ2v) is 5.58. The molecule has 8 heteroatoms. The highest BCUT2D eigenvalue weighted by Gasteiger charge is 2.15. The van der Waals surface area contributed by atoms with Crippen molar-refractivity contribution in [2.75, 3.05) is 17.2 Å². The van der Waals surface area contributed by atoms with Crippen molar-refractivity contribution in [3.63, 3.8) is 0 Å². The minimum absolute atomic E-state index is 0.353. The minimum Gasteiger partial charge on any atom is -0.339 e. The van der Waals surface area contributed by atoms with E-state index >= 15 is 0 Å². The highest BCUT2D eigenvalue weighted by Crippen LogP contribution is 2.15. The molecule has 0 saturated carbocycles. The van der Waals surface area contributed by atoms with Crippen molar-refractivity contribution in [2.45, 2.75) is 0 Å². The molecule has 0 aliphatic heterocycles. The molecule has 2 aromatic carbocycles. The first-order valence-electron chi connectivity index (χ1n) is 6.84. The van der Waals surface area contributed by atoms with E-state index in [0.29, 0.717) is 21.4 Å². The van der Waals surface area contributed by atoms with Gasteiger partial charge >= 0.3 is 11.8 Å². The Kier molecular flexibility index (Phi) is 6.17. The Morgan fingerprint density at radius 3 is 1.88 bits per heavy atom. The van der Waals surface area contributed by atoms with Gasteiger partial charge in [-0.2, -0.15) is 0 Å². The molecular weight excluding hydrogens is 353 g/mol. The van der Waals surface area contributed by atoms with Crippen LogP contribution in [-0.4, -0.2) is 24.3 Å². The van der Waals surface area contributed by atoms with Crippen molar-refractivity contribution < 1.29 is 14.4 Å². The fourth-order valence-electron chi connectivity index (χ4n) is 1.77. The van der Waals surface area contributed by atoms with Crippen LogP contribution in [0.5, 0.6) is 0 Å². The van der Waals surface area contributed by atoms with Crippen LogP contribution in [0.15, 0.2) is 48.5 Å². The maximum atomic E-state index is 11.7. The number of anilines is 2. The van der Waals surface area contributed by atoms with Crippen LogP contribution in [-0.2, 0) is 14.4 Å². The van der Waals surface area contributed by atoms with Gasteiger partial charge in [0.25, 0.3) is 0 Å². The lowest BCUT2D eigenvalue weighted by Crippen LogP contribution is -2.39. The van der Waals surface area contributed by atoms with Crippen molar-refractivity contribution in [3.05, 3.63) is 58.6 Å². The summed E-state index contributed by atoms with van der Waals surface area (Å²) in [6.07, 6.45) is 0. The summed E-state index contributed by atoms with van der Waals surface area (Å²) in [6, 6.07) is 12.9. The molecule has 0 atom stereocenters. The average Bonchev–Trinajstić information content (AvgIpc) is 2.52. The first kappa shape index (κ1) is 17.8. The third kappa shape index (κ3) is 5.57. The second-order valence-electron chi connectivity index (χ2n) is 4.71. The maximum Gasteiger partial charge on any atom is 0.313 e. The van der Waals surface area contributed by atoms with Gasteiger partial charge in [0.15, 0.2) is 0 Å². The molecule has 24 heavy (non-hydrogen) atoms. The quantitative estimate of drug-likeness (QED) is 0.727. The van der Waals surface area contributed by atoms with Crippen molar-refractivity contribution in [1.29, 1.82) is 0 Å². The number of halogens is 2. The van der Waals surface area contributed by atoms with Crippen LogP contribution < -0.4 is 16.0 Å². The molecule has 2 aromatic rings. The fraction of sp³-hybridized carbons (Fsp3) is 0.0625. The Morgan fingerprint density at radius 2 is 1.33 bits per heavy atom.